The Kier molecular flexibility index (Phi) is 7.89. The fourth-order valence-electron chi connectivity index (χ4n) is 3.88. The van der Waals surface area contributed by atoms with E-state index in [9.17, 15) is 26.7 Å². The Bertz CT molecular complexity index is 1100. The van der Waals surface area contributed by atoms with Crippen LogP contribution >= 0.6 is 0 Å². The lowest BCUT2D eigenvalue weighted by atomic mass is 9.92. The van der Waals surface area contributed by atoms with Crippen molar-refractivity contribution in [2.24, 2.45) is 10.9 Å². The molecule has 34 heavy (non-hydrogen) atoms. The third-order valence-electron chi connectivity index (χ3n) is 5.89. The van der Waals surface area contributed by atoms with Crippen LogP contribution in [0, 0.1) is 17.6 Å². The van der Waals surface area contributed by atoms with E-state index in [1.54, 1.807) is 13.8 Å². The molecule has 1 atom stereocenters. The highest BCUT2D eigenvalue weighted by atomic mass is 19.4. The zero-order valence-electron chi connectivity index (χ0n) is 19.2. The summed E-state index contributed by atoms with van der Waals surface area (Å²) in [6, 6.07) is 0. The van der Waals surface area contributed by atoms with Crippen molar-refractivity contribution >= 4 is 11.6 Å². The van der Waals surface area contributed by atoms with Crippen LogP contribution in [-0.4, -0.2) is 16.6 Å². The Labute approximate surface area is 194 Å². The van der Waals surface area contributed by atoms with Crippen molar-refractivity contribution in [3.63, 3.8) is 0 Å². The van der Waals surface area contributed by atoms with E-state index in [1.165, 1.54) is 6.20 Å². The summed E-state index contributed by atoms with van der Waals surface area (Å²) in [5, 5.41) is 2.46. The lowest BCUT2D eigenvalue weighted by molar-refractivity contribution is -0.153. The number of halogens is 5. The molecule has 0 saturated heterocycles. The number of rotatable bonds is 7. The first kappa shape index (κ1) is 25.6. The smallest absolute Gasteiger partial charge is 0.450 e. The lowest BCUT2D eigenvalue weighted by Gasteiger charge is -2.16. The molecule has 3 rings (SSSR count). The Morgan fingerprint density at radius 2 is 1.82 bits per heavy atom. The van der Waals surface area contributed by atoms with Gasteiger partial charge in [0.1, 0.15) is 11.3 Å². The number of nitrogens with one attached hydrogen (secondary N) is 1. The van der Waals surface area contributed by atoms with E-state index in [4.69, 9.17) is 4.42 Å². The number of nitrogens with zero attached hydrogens (tertiary/aromatic N) is 2. The molecule has 2 heterocycles. The first-order valence-corrected chi connectivity index (χ1v) is 11.2. The zero-order valence-corrected chi connectivity index (χ0v) is 19.2. The number of carbonyl (C=O) groups excluding carboxylic acids is 1. The topological polar surface area (TPSA) is 67.5 Å². The van der Waals surface area contributed by atoms with Crippen LogP contribution in [0.3, 0.4) is 0 Å². The van der Waals surface area contributed by atoms with E-state index in [2.05, 4.69) is 15.3 Å². The van der Waals surface area contributed by atoms with Gasteiger partial charge in [0, 0.05) is 23.9 Å². The fourth-order valence-corrected chi connectivity index (χ4v) is 3.88. The van der Waals surface area contributed by atoms with Crippen molar-refractivity contribution < 1.29 is 31.2 Å². The van der Waals surface area contributed by atoms with Gasteiger partial charge in [-0.15, -0.1) is 0 Å². The Hall–Kier alpha value is -3.04. The van der Waals surface area contributed by atoms with Crippen LogP contribution < -0.4 is 5.32 Å². The number of aryl methyl sites for hydroxylation is 1. The molecule has 0 bridgehead atoms. The molecule has 184 valence electrons. The van der Waals surface area contributed by atoms with Gasteiger partial charge in [0.2, 0.25) is 5.76 Å². The van der Waals surface area contributed by atoms with Gasteiger partial charge in [0.05, 0.1) is 23.7 Å². The van der Waals surface area contributed by atoms with E-state index >= 15 is 0 Å². The number of allylic oxidation sites excluding steroid dienone is 1. The highest BCUT2D eigenvalue weighted by Crippen LogP contribution is 2.40. The molecule has 0 radical (unpaired) electrons. The zero-order chi connectivity index (χ0) is 25.0. The number of hydrogen-bond acceptors (Lipinski definition) is 4. The van der Waals surface area contributed by atoms with Crippen LogP contribution in [-0.2, 0) is 19.0 Å². The maximum Gasteiger partial charge on any atom is 0.450 e. The predicted molar refractivity (Wildman–Crippen MR) is 116 cm³/mol. The average molecular weight is 483 g/mol. The highest BCUT2D eigenvalue weighted by molar-refractivity contribution is 6.03. The number of aromatic nitrogens is 1. The molecule has 10 heteroatoms. The number of alkyl halides is 3. The minimum absolute atomic E-state index is 0.0537. The second-order valence-electron chi connectivity index (χ2n) is 8.17. The minimum atomic E-state index is -4.68. The number of aliphatic imine (C=N–C) groups is 1. The number of carbonyl (C=O) groups is 1. The van der Waals surface area contributed by atoms with E-state index < -0.39 is 35.0 Å². The predicted octanol–water partition coefficient (Wildman–Crippen LogP) is 6.37. The minimum Gasteiger partial charge on any atom is -0.455 e. The van der Waals surface area contributed by atoms with Crippen molar-refractivity contribution in [1.29, 1.82) is 0 Å². The summed E-state index contributed by atoms with van der Waals surface area (Å²) in [7, 11) is 0. The molecule has 0 saturated carbocycles. The summed E-state index contributed by atoms with van der Waals surface area (Å²) in [4.78, 5) is 20.2. The van der Waals surface area contributed by atoms with Crippen LogP contribution in [0.25, 0.3) is 0 Å². The molecule has 1 aliphatic rings. The monoisotopic (exact) mass is 483 g/mol. The van der Waals surface area contributed by atoms with Crippen molar-refractivity contribution in [1.82, 2.24) is 10.3 Å². The van der Waals surface area contributed by atoms with Crippen molar-refractivity contribution in [2.75, 3.05) is 0 Å². The van der Waals surface area contributed by atoms with Gasteiger partial charge in [-0.05, 0) is 38.0 Å². The molecule has 0 aliphatic heterocycles. The molecule has 1 aliphatic carbocycles. The van der Waals surface area contributed by atoms with Crippen LogP contribution in [0.2, 0.25) is 0 Å². The Morgan fingerprint density at radius 3 is 2.41 bits per heavy atom. The molecule has 0 fully saturated rings. The van der Waals surface area contributed by atoms with Crippen molar-refractivity contribution in [2.45, 2.75) is 65.5 Å². The molecule has 5 nitrogen and oxygen atoms in total. The maximum atomic E-state index is 14.0. The summed E-state index contributed by atoms with van der Waals surface area (Å²) in [5.74, 6) is -4.31. The number of amides is 1. The van der Waals surface area contributed by atoms with Crippen molar-refractivity contribution in [3.8, 4) is 0 Å². The summed E-state index contributed by atoms with van der Waals surface area (Å²) in [5.41, 5.74) is 0.0484. The average Bonchev–Trinajstić information content (AvgIpc) is 3.18. The molecular formula is C24H26F5N3O2. The Morgan fingerprint density at radius 1 is 1.18 bits per heavy atom. The molecule has 0 spiro atoms. The summed E-state index contributed by atoms with van der Waals surface area (Å²) < 4.78 is 74.4. The van der Waals surface area contributed by atoms with Gasteiger partial charge in [-0.2, -0.15) is 13.2 Å². The fraction of sp³-hybridized carbons (Fsp3) is 0.458. The van der Waals surface area contributed by atoms with Gasteiger partial charge in [-0.25, -0.2) is 8.78 Å². The van der Waals surface area contributed by atoms with E-state index in [1.807, 2.05) is 6.92 Å². The molecule has 1 N–H and O–H groups in total. The summed E-state index contributed by atoms with van der Waals surface area (Å²) in [6.45, 7) is 5.27. The summed E-state index contributed by atoms with van der Waals surface area (Å²) in [6.07, 6.45) is 1.13. The van der Waals surface area contributed by atoms with Gasteiger partial charge >= 0.3 is 6.18 Å². The van der Waals surface area contributed by atoms with E-state index in [-0.39, 0.29) is 29.3 Å². The number of furan rings is 1. The quantitative estimate of drug-likeness (QED) is 0.368. The standard InChI is InChI=1S/C24H26F5N3O2/c1-4-13(3)18(32-23(33)21-15(25)10-30-11-16(21)26)12-31-17(5-2)20-14-8-6-7-9-19(14)34-22(20)24(27,28)29/h10-13H,4-9H2,1-3H3,(H,32,33)/b18-12+,31-17?. The second kappa shape index (κ2) is 10.5. The first-order valence-electron chi connectivity index (χ1n) is 11.2. The van der Waals surface area contributed by atoms with Gasteiger partial charge in [-0.1, -0.05) is 20.8 Å². The van der Waals surface area contributed by atoms with Crippen LogP contribution in [0.5, 0.6) is 0 Å². The van der Waals surface area contributed by atoms with Crippen molar-refractivity contribution in [3.05, 3.63) is 64.1 Å². The molecule has 1 amide bonds. The molecule has 1 unspecified atom stereocenters. The van der Waals surface area contributed by atoms with E-state index in [0.717, 1.165) is 25.2 Å². The normalized spacial score (nSPS) is 15.8. The third-order valence-corrected chi connectivity index (χ3v) is 5.89. The van der Waals surface area contributed by atoms with Crippen LogP contribution in [0.1, 0.15) is 79.5 Å². The molecule has 2 aromatic heterocycles. The lowest BCUT2D eigenvalue weighted by Crippen LogP contribution is -2.28. The Balaban J connectivity index is 2.04. The highest BCUT2D eigenvalue weighted by Gasteiger charge is 2.41. The van der Waals surface area contributed by atoms with Gasteiger partial charge < -0.3 is 9.73 Å². The second-order valence-corrected chi connectivity index (χ2v) is 8.17. The summed E-state index contributed by atoms with van der Waals surface area (Å²) >= 11 is 0. The van der Waals surface area contributed by atoms with Crippen LogP contribution in [0.15, 0.2) is 33.7 Å². The maximum absolute atomic E-state index is 14.0. The molecule has 0 aromatic carbocycles. The molecule has 2 aromatic rings. The molecular weight excluding hydrogens is 457 g/mol. The van der Waals surface area contributed by atoms with Gasteiger partial charge in [0.15, 0.2) is 11.6 Å². The van der Waals surface area contributed by atoms with Gasteiger partial charge in [0.25, 0.3) is 5.91 Å². The van der Waals surface area contributed by atoms with Crippen LogP contribution in [0.4, 0.5) is 22.0 Å². The number of hydrogen-bond donors (Lipinski definition) is 1. The largest absolute Gasteiger partial charge is 0.455 e. The first-order chi connectivity index (χ1) is 16.1. The number of pyridine rings is 1. The van der Waals surface area contributed by atoms with E-state index in [0.29, 0.717) is 30.6 Å². The SMILES string of the molecule is CCC(=N/C=C(/NC(=O)c1c(F)cncc1F)C(C)CC)c1c(C(F)(F)F)oc2c1CCCC2. The third kappa shape index (κ3) is 5.37. The number of fused-ring (bicyclic) bond motifs is 1. The van der Waals surface area contributed by atoms with Gasteiger partial charge in [-0.3, -0.25) is 14.8 Å².